The second-order valence-corrected chi connectivity index (χ2v) is 9.74. The highest BCUT2D eigenvalue weighted by Gasteiger charge is 2.26. The molecular formula is C28H35N5O7. The van der Waals surface area contributed by atoms with Gasteiger partial charge in [-0.05, 0) is 48.1 Å². The van der Waals surface area contributed by atoms with Crippen LogP contribution in [0.1, 0.15) is 42.4 Å². The third-order valence-electron chi connectivity index (χ3n) is 6.54. The van der Waals surface area contributed by atoms with E-state index in [2.05, 4.69) is 21.3 Å². The number of rotatable bonds is 7. The molecule has 12 heteroatoms. The fraction of sp³-hybridized carbons (Fsp3) is 0.393. The van der Waals surface area contributed by atoms with Crippen LogP contribution in [-0.4, -0.2) is 64.5 Å². The number of phenolic OH excluding ortho intramolecular Hbond substituents is 1. The Hall–Kier alpha value is -4.45. The fourth-order valence-electron chi connectivity index (χ4n) is 4.38. The molecule has 0 bridgehead atoms. The van der Waals surface area contributed by atoms with Crippen molar-refractivity contribution >= 4 is 29.6 Å². The first kappa shape index (κ1) is 30.1. The third-order valence-corrected chi connectivity index (χ3v) is 6.54. The van der Waals surface area contributed by atoms with Gasteiger partial charge in [0, 0.05) is 32.0 Å². The Bertz CT molecular complexity index is 1220. The number of aromatic hydroxyl groups is 1. The summed E-state index contributed by atoms with van der Waals surface area (Å²) in [5, 5.41) is 29.6. The number of amides is 4. The second-order valence-electron chi connectivity index (χ2n) is 9.74. The highest BCUT2D eigenvalue weighted by Crippen LogP contribution is 2.14. The number of phenols is 1. The first-order valence-corrected chi connectivity index (χ1v) is 13.1. The van der Waals surface area contributed by atoms with Crippen LogP contribution in [0.5, 0.6) is 5.75 Å². The van der Waals surface area contributed by atoms with Crippen LogP contribution in [0.25, 0.3) is 0 Å². The summed E-state index contributed by atoms with van der Waals surface area (Å²) in [4.78, 5) is 62.3. The molecule has 1 heterocycles. The maximum absolute atomic E-state index is 13.1. The van der Waals surface area contributed by atoms with E-state index in [1.807, 2.05) is 0 Å². The molecule has 0 saturated carbocycles. The van der Waals surface area contributed by atoms with Gasteiger partial charge in [-0.2, -0.15) is 0 Å². The maximum atomic E-state index is 13.1. The Morgan fingerprint density at radius 1 is 0.950 bits per heavy atom. The molecule has 1 saturated heterocycles. The Kier molecular flexibility index (Phi) is 11.0. The van der Waals surface area contributed by atoms with Gasteiger partial charge >= 0.3 is 5.97 Å². The molecule has 0 unspecified atom stereocenters. The van der Waals surface area contributed by atoms with Crippen molar-refractivity contribution in [2.45, 2.75) is 63.2 Å². The van der Waals surface area contributed by atoms with E-state index >= 15 is 0 Å². The van der Waals surface area contributed by atoms with Gasteiger partial charge in [0.15, 0.2) is 0 Å². The number of hydrogen-bond acceptors (Lipinski definition) is 7. The number of hydrogen-bond donors (Lipinski definition) is 7. The van der Waals surface area contributed by atoms with Gasteiger partial charge in [-0.3, -0.25) is 24.0 Å². The van der Waals surface area contributed by atoms with Crippen molar-refractivity contribution in [1.82, 2.24) is 21.3 Å². The molecule has 0 radical (unpaired) electrons. The summed E-state index contributed by atoms with van der Waals surface area (Å²) in [7, 11) is 0. The Balaban J connectivity index is 1.74. The van der Waals surface area contributed by atoms with Crippen LogP contribution in [0.2, 0.25) is 0 Å². The Morgan fingerprint density at radius 3 is 2.35 bits per heavy atom. The molecule has 0 aliphatic carbocycles. The molecule has 3 atom stereocenters. The third kappa shape index (κ3) is 9.70. The number of carbonyl (C=O) groups is 5. The lowest BCUT2D eigenvalue weighted by atomic mass is 10.0. The van der Waals surface area contributed by atoms with Crippen molar-refractivity contribution in [3.63, 3.8) is 0 Å². The number of nitrogens with two attached hydrogens (primary N) is 1. The van der Waals surface area contributed by atoms with E-state index in [1.54, 1.807) is 36.4 Å². The lowest BCUT2D eigenvalue weighted by Gasteiger charge is -2.24. The number of nitrogens with one attached hydrogen (secondary N) is 4. The van der Waals surface area contributed by atoms with Gasteiger partial charge in [0.2, 0.25) is 23.6 Å². The number of aliphatic carboxylic acids is 1. The smallest absolute Gasteiger partial charge is 0.307 e. The molecule has 3 rings (SSSR count). The molecule has 0 aromatic heterocycles. The zero-order chi connectivity index (χ0) is 29.1. The molecule has 2 aromatic carbocycles. The van der Waals surface area contributed by atoms with Crippen LogP contribution >= 0.6 is 0 Å². The summed E-state index contributed by atoms with van der Waals surface area (Å²) in [6, 6.07) is 10.6. The van der Waals surface area contributed by atoms with Crippen LogP contribution < -0.4 is 27.0 Å². The average Bonchev–Trinajstić information content (AvgIpc) is 2.90. The summed E-state index contributed by atoms with van der Waals surface area (Å²) in [5.74, 6) is -2.75. The first-order chi connectivity index (χ1) is 19.1. The number of benzene rings is 2. The molecule has 214 valence electrons. The van der Waals surface area contributed by atoms with E-state index in [4.69, 9.17) is 10.8 Å². The van der Waals surface area contributed by atoms with Gasteiger partial charge < -0.3 is 37.2 Å². The standard InChI is InChI=1S/C28H35N5O7/c29-22-9-10-24(35)30-12-11-23(28(40)31-16-19-4-2-1-3-18(19)14-26(37)38)33-25(36)15-20(32-27(22)39)13-17-5-7-21(34)8-6-17/h1-8,20,22-23,34H,9-16,29H2,(H,30,35)(H,31,40)(H,32,39)(H,33,36)(H,37,38)/t20-,22+,23-/m0/s1. The van der Waals surface area contributed by atoms with Gasteiger partial charge in [0.05, 0.1) is 12.5 Å². The highest BCUT2D eigenvalue weighted by atomic mass is 16.4. The van der Waals surface area contributed by atoms with Crippen molar-refractivity contribution in [2.24, 2.45) is 5.73 Å². The lowest BCUT2D eigenvalue weighted by Crippen LogP contribution is -2.52. The zero-order valence-electron chi connectivity index (χ0n) is 22.0. The van der Waals surface area contributed by atoms with Gasteiger partial charge in [-0.1, -0.05) is 36.4 Å². The summed E-state index contributed by atoms with van der Waals surface area (Å²) in [5.41, 5.74) is 7.92. The van der Waals surface area contributed by atoms with Crippen LogP contribution in [0, 0.1) is 0 Å². The minimum atomic E-state index is -0.997. The van der Waals surface area contributed by atoms with E-state index in [9.17, 15) is 29.1 Å². The van der Waals surface area contributed by atoms with Crippen LogP contribution in [0.15, 0.2) is 48.5 Å². The molecule has 1 aliphatic heterocycles. The summed E-state index contributed by atoms with van der Waals surface area (Å²) in [6.07, 6.45) is 0.161. The second kappa shape index (κ2) is 14.6. The monoisotopic (exact) mass is 553 g/mol. The SMILES string of the molecule is N[C@@H]1CCC(=O)NCC[C@@H](C(=O)NCc2ccccc2CC(=O)O)NC(=O)C[C@H](Cc2ccc(O)cc2)NC1=O. The Morgan fingerprint density at radius 2 is 1.65 bits per heavy atom. The van der Waals surface area contributed by atoms with E-state index in [0.717, 1.165) is 5.56 Å². The molecular weight excluding hydrogens is 518 g/mol. The van der Waals surface area contributed by atoms with Gasteiger partial charge in [-0.25, -0.2) is 0 Å². The van der Waals surface area contributed by atoms with Crippen LogP contribution in [0.3, 0.4) is 0 Å². The van der Waals surface area contributed by atoms with Crippen molar-refractivity contribution in [3.05, 3.63) is 65.2 Å². The van der Waals surface area contributed by atoms with E-state index in [1.165, 1.54) is 12.1 Å². The van der Waals surface area contributed by atoms with E-state index in [0.29, 0.717) is 11.1 Å². The molecule has 4 amide bonds. The number of carboxylic acid groups (broad SMARTS) is 1. The van der Waals surface area contributed by atoms with Gasteiger partial charge in [0.25, 0.3) is 0 Å². The molecule has 8 N–H and O–H groups in total. The quantitative estimate of drug-likeness (QED) is 0.246. The number of carboxylic acids is 1. The molecule has 40 heavy (non-hydrogen) atoms. The summed E-state index contributed by atoms with van der Waals surface area (Å²) in [6.45, 7) is 0.156. The maximum Gasteiger partial charge on any atom is 0.307 e. The molecule has 0 spiro atoms. The first-order valence-electron chi connectivity index (χ1n) is 13.1. The minimum Gasteiger partial charge on any atom is -0.508 e. The van der Waals surface area contributed by atoms with E-state index in [-0.39, 0.29) is 63.3 Å². The fourth-order valence-corrected chi connectivity index (χ4v) is 4.38. The normalized spacial score (nSPS) is 20.8. The van der Waals surface area contributed by atoms with Crippen molar-refractivity contribution in [3.8, 4) is 5.75 Å². The summed E-state index contributed by atoms with van der Waals surface area (Å²) < 4.78 is 0. The van der Waals surface area contributed by atoms with Crippen LogP contribution in [0.4, 0.5) is 0 Å². The minimum absolute atomic E-state index is 0.0147. The summed E-state index contributed by atoms with van der Waals surface area (Å²) >= 11 is 0. The van der Waals surface area contributed by atoms with Crippen molar-refractivity contribution < 1.29 is 34.2 Å². The molecule has 2 aromatic rings. The predicted molar refractivity (Wildman–Crippen MR) is 145 cm³/mol. The van der Waals surface area contributed by atoms with Crippen molar-refractivity contribution in [2.75, 3.05) is 6.54 Å². The average molecular weight is 554 g/mol. The topological polar surface area (TPSA) is 200 Å². The Labute approximate surface area is 231 Å². The van der Waals surface area contributed by atoms with E-state index < -0.39 is 41.8 Å². The van der Waals surface area contributed by atoms with Gasteiger partial charge in [-0.15, -0.1) is 0 Å². The number of carbonyl (C=O) groups excluding carboxylic acids is 4. The van der Waals surface area contributed by atoms with Gasteiger partial charge in [0.1, 0.15) is 11.8 Å². The largest absolute Gasteiger partial charge is 0.508 e. The lowest BCUT2D eigenvalue weighted by molar-refractivity contribution is -0.136. The zero-order valence-corrected chi connectivity index (χ0v) is 22.0. The molecule has 1 aliphatic rings. The van der Waals surface area contributed by atoms with Crippen molar-refractivity contribution in [1.29, 1.82) is 0 Å². The molecule has 12 nitrogen and oxygen atoms in total. The highest BCUT2D eigenvalue weighted by molar-refractivity contribution is 5.89. The predicted octanol–water partition coefficient (Wildman–Crippen LogP) is -0.135. The van der Waals surface area contributed by atoms with Crippen LogP contribution in [-0.2, 0) is 43.4 Å². The molecule has 1 fully saturated rings.